The van der Waals surface area contributed by atoms with E-state index in [-0.39, 0.29) is 11.7 Å². The highest BCUT2D eigenvalue weighted by Crippen LogP contribution is 2.25. The highest BCUT2D eigenvalue weighted by Gasteiger charge is 2.20. The lowest BCUT2D eigenvalue weighted by molar-refractivity contribution is -0.113. The molecular formula is C24H26ClN5OS. The van der Waals surface area contributed by atoms with Gasteiger partial charge in [0.05, 0.1) is 5.75 Å². The molecule has 1 aliphatic rings. The van der Waals surface area contributed by atoms with Crippen molar-refractivity contribution in [2.24, 2.45) is 0 Å². The number of rotatable bonds is 6. The van der Waals surface area contributed by atoms with Crippen molar-refractivity contribution in [1.29, 1.82) is 0 Å². The Morgan fingerprint density at radius 1 is 1.03 bits per heavy atom. The van der Waals surface area contributed by atoms with Gasteiger partial charge in [-0.25, -0.2) is 9.97 Å². The first kappa shape index (κ1) is 22.4. The minimum atomic E-state index is -0.103. The Bertz CT molecular complexity index is 1080. The van der Waals surface area contributed by atoms with Gasteiger partial charge in [0.25, 0.3) is 0 Å². The average molecular weight is 468 g/mol. The minimum Gasteiger partial charge on any atom is -0.368 e. The lowest BCUT2D eigenvalue weighted by atomic mass is 10.1. The number of anilines is 3. The van der Waals surface area contributed by atoms with Crippen molar-refractivity contribution in [3.63, 3.8) is 0 Å². The Kier molecular flexibility index (Phi) is 7.17. The van der Waals surface area contributed by atoms with Crippen LogP contribution in [0.5, 0.6) is 0 Å². The van der Waals surface area contributed by atoms with Gasteiger partial charge in [-0.2, -0.15) is 0 Å². The molecule has 3 aromatic rings. The number of amides is 1. The summed E-state index contributed by atoms with van der Waals surface area (Å²) in [5.41, 5.74) is 4.62. The number of thioether (sulfide) groups is 1. The van der Waals surface area contributed by atoms with Gasteiger partial charge in [0.15, 0.2) is 5.16 Å². The van der Waals surface area contributed by atoms with Gasteiger partial charge >= 0.3 is 0 Å². The SMILES string of the molecule is Cc1ccc(C)c(N2CCN(c3ccnc(SCC(=O)Nc4ccc(Cl)cc4)n3)CC2)c1. The third kappa shape index (κ3) is 5.72. The summed E-state index contributed by atoms with van der Waals surface area (Å²) in [6.45, 7) is 7.98. The van der Waals surface area contributed by atoms with Gasteiger partial charge in [-0.3, -0.25) is 4.79 Å². The molecule has 0 radical (unpaired) electrons. The monoisotopic (exact) mass is 467 g/mol. The maximum absolute atomic E-state index is 12.2. The van der Waals surface area contributed by atoms with Gasteiger partial charge in [-0.1, -0.05) is 35.5 Å². The van der Waals surface area contributed by atoms with Crippen LogP contribution in [-0.4, -0.2) is 47.8 Å². The van der Waals surface area contributed by atoms with E-state index in [0.29, 0.717) is 10.2 Å². The van der Waals surface area contributed by atoms with Gasteiger partial charge in [0, 0.05) is 48.8 Å². The molecule has 1 fully saturated rings. The third-order valence-electron chi connectivity index (χ3n) is 5.39. The molecule has 1 saturated heterocycles. The number of aryl methyl sites for hydroxylation is 2. The van der Waals surface area contributed by atoms with Crippen LogP contribution in [0.4, 0.5) is 17.2 Å². The number of aromatic nitrogens is 2. The summed E-state index contributed by atoms with van der Waals surface area (Å²) in [5, 5.41) is 4.10. The van der Waals surface area contributed by atoms with Gasteiger partial charge in [0.1, 0.15) is 5.82 Å². The quantitative estimate of drug-likeness (QED) is 0.415. The molecule has 1 N–H and O–H groups in total. The molecule has 0 spiro atoms. The molecule has 2 aromatic carbocycles. The lowest BCUT2D eigenvalue weighted by Crippen LogP contribution is -2.47. The number of hydrogen-bond acceptors (Lipinski definition) is 6. The number of benzene rings is 2. The van der Waals surface area contributed by atoms with Gasteiger partial charge in [0.2, 0.25) is 5.91 Å². The van der Waals surface area contributed by atoms with Crippen LogP contribution < -0.4 is 15.1 Å². The molecule has 1 amide bonds. The molecule has 0 bridgehead atoms. The zero-order valence-electron chi connectivity index (χ0n) is 18.2. The Morgan fingerprint density at radius 3 is 2.50 bits per heavy atom. The largest absolute Gasteiger partial charge is 0.368 e. The van der Waals surface area contributed by atoms with E-state index < -0.39 is 0 Å². The summed E-state index contributed by atoms with van der Waals surface area (Å²) in [6, 6.07) is 15.6. The van der Waals surface area contributed by atoms with E-state index in [0.717, 1.165) is 37.7 Å². The summed E-state index contributed by atoms with van der Waals surface area (Å²) in [4.78, 5) is 26.0. The lowest BCUT2D eigenvalue weighted by Gasteiger charge is -2.37. The number of hydrogen-bond donors (Lipinski definition) is 1. The Hall–Kier alpha value is -2.77. The van der Waals surface area contributed by atoms with Gasteiger partial charge in [-0.15, -0.1) is 0 Å². The number of nitrogens with one attached hydrogen (secondary N) is 1. The molecular weight excluding hydrogens is 442 g/mol. The fraction of sp³-hybridized carbons (Fsp3) is 0.292. The van der Waals surface area contributed by atoms with Crippen LogP contribution in [-0.2, 0) is 4.79 Å². The van der Waals surface area contributed by atoms with E-state index in [1.54, 1.807) is 30.5 Å². The maximum Gasteiger partial charge on any atom is 0.234 e. The maximum atomic E-state index is 12.2. The van der Waals surface area contributed by atoms with E-state index in [1.807, 2.05) is 6.07 Å². The van der Waals surface area contributed by atoms with Crippen LogP contribution >= 0.6 is 23.4 Å². The Balaban J connectivity index is 1.31. The van der Waals surface area contributed by atoms with Crippen LogP contribution in [0.15, 0.2) is 59.9 Å². The molecule has 4 rings (SSSR count). The second-order valence-electron chi connectivity index (χ2n) is 7.81. The summed E-state index contributed by atoms with van der Waals surface area (Å²) in [6.07, 6.45) is 1.76. The van der Waals surface area contributed by atoms with Crippen molar-refractivity contribution in [3.05, 3.63) is 70.9 Å². The summed E-state index contributed by atoms with van der Waals surface area (Å²) >= 11 is 7.21. The highest BCUT2D eigenvalue weighted by molar-refractivity contribution is 7.99. The fourth-order valence-electron chi connectivity index (χ4n) is 3.67. The van der Waals surface area contributed by atoms with E-state index in [9.17, 15) is 4.79 Å². The molecule has 0 saturated carbocycles. The second-order valence-corrected chi connectivity index (χ2v) is 9.18. The molecule has 1 aliphatic heterocycles. The highest BCUT2D eigenvalue weighted by atomic mass is 35.5. The van der Waals surface area contributed by atoms with Gasteiger partial charge < -0.3 is 15.1 Å². The Labute approximate surface area is 198 Å². The third-order valence-corrected chi connectivity index (χ3v) is 6.50. The number of carbonyl (C=O) groups is 1. The van der Waals surface area contributed by atoms with Crippen LogP contribution in [0.3, 0.4) is 0 Å². The van der Waals surface area contributed by atoms with E-state index in [1.165, 1.54) is 28.6 Å². The van der Waals surface area contributed by atoms with Crippen molar-refractivity contribution in [3.8, 4) is 0 Å². The molecule has 166 valence electrons. The van der Waals surface area contributed by atoms with Crippen molar-refractivity contribution < 1.29 is 4.79 Å². The fourth-order valence-corrected chi connectivity index (χ4v) is 4.43. The zero-order chi connectivity index (χ0) is 22.5. The summed E-state index contributed by atoms with van der Waals surface area (Å²) < 4.78 is 0. The smallest absolute Gasteiger partial charge is 0.234 e. The van der Waals surface area contributed by atoms with E-state index >= 15 is 0 Å². The normalized spacial score (nSPS) is 13.8. The van der Waals surface area contributed by atoms with Crippen molar-refractivity contribution in [1.82, 2.24) is 9.97 Å². The second kappa shape index (κ2) is 10.2. The topological polar surface area (TPSA) is 61.4 Å². The van der Waals surface area contributed by atoms with Crippen molar-refractivity contribution >= 4 is 46.5 Å². The molecule has 8 heteroatoms. The minimum absolute atomic E-state index is 0.103. The molecule has 1 aromatic heterocycles. The number of nitrogens with zero attached hydrogens (tertiary/aromatic N) is 4. The first-order valence-corrected chi connectivity index (χ1v) is 11.9. The molecule has 6 nitrogen and oxygen atoms in total. The molecule has 2 heterocycles. The zero-order valence-corrected chi connectivity index (χ0v) is 19.8. The first-order valence-electron chi connectivity index (χ1n) is 10.6. The number of carbonyl (C=O) groups excluding carboxylic acids is 1. The molecule has 32 heavy (non-hydrogen) atoms. The van der Waals surface area contributed by atoms with Crippen LogP contribution in [0.2, 0.25) is 5.02 Å². The molecule has 0 aliphatic carbocycles. The summed E-state index contributed by atoms with van der Waals surface area (Å²) in [7, 11) is 0. The van der Waals surface area contributed by atoms with Crippen LogP contribution in [0.1, 0.15) is 11.1 Å². The van der Waals surface area contributed by atoms with Crippen LogP contribution in [0, 0.1) is 13.8 Å². The predicted octanol–water partition coefficient (Wildman–Crippen LogP) is 4.80. The Morgan fingerprint density at radius 2 is 1.75 bits per heavy atom. The average Bonchev–Trinajstić information content (AvgIpc) is 2.81. The predicted molar refractivity (Wildman–Crippen MR) is 133 cm³/mol. The van der Waals surface area contributed by atoms with Crippen molar-refractivity contribution in [2.45, 2.75) is 19.0 Å². The number of piperazine rings is 1. The van der Waals surface area contributed by atoms with E-state index in [2.05, 4.69) is 57.1 Å². The standard InChI is InChI=1S/C24H26ClN5OS/c1-17-3-4-18(2)21(15-17)29-11-13-30(14-12-29)22-9-10-26-24(28-22)32-16-23(31)27-20-7-5-19(25)6-8-20/h3-10,15H,11-14,16H2,1-2H3,(H,27,31). The van der Waals surface area contributed by atoms with Crippen molar-refractivity contribution in [2.75, 3.05) is 47.0 Å². The summed E-state index contributed by atoms with van der Waals surface area (Å²) in [5.74, 6) is 1.04. The molecule has 0 atom stereocenters. The number of halogens is 1. The van der Waals surface area contributed by atoms with Gasteiger partial charge in [-0.05, 0) is 61.4 Å². The van der Waals surface area contributed by atoms with E-state index in [4.69, 9.17) is 11.6 Å². The van der Waals surface area contributed by atoms with Crippen LogP contribution in [0.25, 0.3) is 0 Å². The first-order chi connectivity index (χ1) is 15.5. The molecule has 0 unspecified atom stereocenters.